The second-order valence-corrected chi connectivity index (χ2v) is 7.12. The molecule has 0 unspecified atom stereocenters. The highest BCUT2D eigenvalue weighted by Crippen LogP contribution is 2.17. The monoisotopic (exact) mass is 470 g/mol. The summed E-state index contributed by atoms with van der Waals surface area (Å²) in [6.45, 7) is 6.44. The number of hydrogen-bond acceptors (Lipinski definition) is 8. The fraction of sp³-hybridized carbons (Fsp3) is 0.346. The van der Waals surface area contributed by atoms with Crippen molar-refractivity contribution < 1.29 is 38.1 Å². The van der Waals surface area contributed by atoms with Gasteiger partial charge in [-0.15, -0.1) is 0 Å². The summed E-state index contributed by atoms with van der Waals surface area (Å²) in [5.41, 5.74) is 0.707. The van der Waals surface area contributed by atoms with Crippen LogP contribution in [0.2, 0.25) is 0 Å². The molecule has 0 N–H and O–H groups in total. The van der Waals surface area contributed by atoms with Crippen LogP contribution in [-0.4, -0.2) is 44.5 Å². The van der Waals surface area contributed by atoms with Gasteiger partial charge in [-0.2, -0.15) is 0 Å². The van der Waals surface area contributed by atoms with Crippen molar-refractivity contribution in [1.82, 2.24) is 0 Å². The minimum atomic E-state index is -0.518. The molecule has 0 heterocycles. The van der Waals surface area contributed by atoms with Crippen molar-refractivity contribution in [2.75, 3.05) is 26.6 Å². The molecule has 0 fully saturated rings. The molecule has 0 saturated heterocycles. The molecule has 34 heavy (non-hydrogen) atoms. The van der Waals surface area contributed by atoms with E-state index in [-0.39, 0.29) is 6.79 Å². The molecule has 8 heteroatoms. The van der Waals surface area contributed by atoms with E-state index >= 15 is 0 Å². The number of carbonyl (C=O) groups is 3. The largest absolute Gasteiger partial charge is 0.494 e. The van der Waals surface area contributed by atoms with E-state index in [1.807, 2.05) is 0 Å². The van der Waals surface area contributed by atoms with Crippen molar-refractivity contribution in [3.8, 4) is 11.5 Å². The maximum Gasteiger partial charge on any atom is 0.343 e. The van der Waals surface area contributed by atoms with Gasteiger partial charge in [0, 0.05) is 12.7 Å². The van der Waals surface area contributed by atoms with Crippen LogP contribution in [-0.2, 0) is 19.0 Å². The standard InChI is InChI=1S/C26H30O8/c1-3-24(27)32-18-8-6-5-7-17-31-22-13-9-21(10-14-22)26(29)34-23-15-11-20(12-16-23)25(28)33-19-30-4-2/h3,9-16H,1,4-8,17-19H2,2H3. The molecule has 8 nitrogen and oxygen atoms in total. The second kappa shape index (κ2) is 15.2. The minimum Gasteiger partial charge on any atom is -0.494 e. The summed E-state index contributed by atoms with van der Waals surface area (Å²) in [4.78, 5) is 35.1. The van der Waals surface area contributed by atoms with E-state index in [1.54, 1.807) is 31.2 Å². The summed E-state index contributed by atoms with van der Waals surface area (Å²) in [6.07, 6.45) is 4.72. The number of unbranched alkanes of at least 4 members (excludes halogenated alkanes) is 3. The summed E-state index contributed by atoms with van der Waals surface area (Å²) in [6, 6.07) is 12.8. The van der Waals surface area contributed by atoms with Gasteiger partial charge in [0.25, 0.3) is 0 Å². The van der Waals surface area contributed by atoms with Gasteiger partial charge >= 0.3 is 17.9 Å². The Bertz CT molecular complexity index is 919. The number of hydrogen-bond donors (Lipinski definition) is 0. The molecule has 2 rings (SSSR count). The predicted molar refractivity (Wildman–Crippen MR) is 125 cm³/mol. The van der Waals surface area contributed by atoms with E-state index in [1.165, 1.54) is 24.3 Å². The molecular formula is C26H30O8. The molecule has 2 aromatic carbocycles. The lowest BCUT2D eigenvalue weighted by atomic mass is 10.2. The van der Waals surface area contributed by atoms with Gasteiger partial charge in [-0.1, -0.05) is 6.58 Å². The Balaban J connectivity index is 1.69. The van der Waals surface area contributed by atoms with Gasteiger partial charge in [0.05, 0.1) is 24.3 Å². The molecule has 0 aromatic heterocycles. The minimum absolute atomic E-state index is 0.110. The van der Waals surface area contributed by atoms with E-state index in [0.717, 1.165) is 31.8 Å². The normalized spacial score (nSPS) is 10.3. The number of rotatable bonds is 15. The maximum absolute atomic E-state index is 12.4. The van der Waals surface area contributed by atoms with Crippen molar-refractivity contribution in [2.45, 2.75) is 32.6 Å². The van der Waals surface area contributed by atoms with Gasteiger partial charge in [0.1, 0.15) is 11.5 Å². The highest BCUT2D eigenvalue weighted by atomic mass is 16.7. The van der Waals surface area contributed by atoms with Crippen molar-refractivity contribution >= 4 is 17.9 Å². The number of carbonyl (C=O) groups excluding carboxylic acids is 3. The second-order valence-electron chi connectivity index (χ2n) is 7.12. The third-order valence-electron chi connectivity index (χ3n) is 4.59. The lowest BCUT2D eigenvalue weighted by Crippen LogP contribution is -2.10. The SMILES string of the molecule is C=CC(=O)OCCCCCCOc1ccc(C(=O)Oc2ccc(C(=O)OCOCC)cc2)cc1. The third-order valence-corrected chi connectivity index (χ3v) is 4.59. The first-order valence-electron chi connectivity index (χ1n) is 11.1. The molecule has 0 bridgehead atoms. The third kappa shape index (κ3) is 9.87. The highest BCUT2D eigenvalue weighted by Gasteiger charge is 2.11. The van der Waals surface area contributed by atoms with E-state index < -0.39 is 17.9 Å². The molecular weight excluding hydrogens is 440 g/mol. The summed E-state index contributed by atoms with van der Waals surface area (Å²) < 4.78 is 25.9. The topological polar surface area (TPSA) is 97.4 Å². The Hall–Kier alpha value is -3.65. The van der Waals surface area contributed by atoms with Gasteiger partial charge in [-0.05, 0) is 81.1 Å². The quantitative estimate of drug-likeness (QED) is 0.121. The molecule has 0 radical (unpaired) electrons. The first-order chi connectivity index (χ1) is 16.5. The molecule has 0 aliphatic rings. The highest BCUT2D eigenvalue weighted by molar-refractivity contribution is 5.92. The predicted octanol–water partition coefficient (Wildman–Crippen LogP) is 4.73. The lowest BCUT2D eigenvalue weighted by Gasteiger charge is -2.08. The van der Waals surface area contributed by atoms with Crippen LogP contribution >= 0.6 is 0 Å². The van der Waals surface area contributed by atoms with Gasteiger partial charge in [0.15, 0.2) is 6.79 Å². The zero-order chi connectivity index (χ0) is 24.6. The van der Waals surface area contributed by atoms with Gasteiger partial charge in [0.2, 0.25) is 0 Å². The van der Waals surface area contributed by atoms with E-state index in [0.29, 0.717) is 42.4 Å². The summed E-state index contributed by atoms with van der Waals surface area (Å²) >= 11 is 0. The number of benzene rings is 2. The molecule has 0 saturated carbocycles. The van der Waals surface area contributed by atoms with Crippen molar-refractivity contribution in [1.29, 1.82) is 0 Å². The zero-order valence-electron chi connectivity index (χ0n) is 19.3. The van der Waals surface area contributed by atoms with Crippen LogP contribution in [0.1, 0.15) is 53.3 Å². The molecule has 0 aliphatic heterocycles. The Morgan fingerprint density at radius 3 is 1.97 bits per heavy atom. The summed E-state index contributed by atoms with van der Waals surface area (Å²) in [5.74, 6) is -0.465. The van der Waals surface area contributed by atoms with Crippen LogP contribution in [0.5, 0.6) is 11.5 Å². The smallest absolute Gasteiger partial charge is 0.343 e. The van der Waals surface area contributed by atoms with Gasteiger partial charge in [-0.25, -0.2) is 14.4 Å². The summed E-state index contributed by atoms with van der Waals surface area (Å²) in [7, 11) is 0. The average molecular weight is 471 g/mol. The van der Waals surface area contributed by atoms with Gasteiger partial charge in [-0.3, -0.25) is 0 Å². The lowest BCUT2D eigenvalue weighted by molar-refractivity contribution is -0.137. The first kappa shape index (κ1) is 26.6. The molecule has 0 atom stereocenters. The van der Waals surface area contributed by atoms with E-state index in [4.69, 9.17) is 23.7 Å². The van der Waals surface area contributed by atoms with Crippen LogP contribution in [0.25, 0.3) is 0 Å². The average Bonchev–Trinajstić information content (AvgIpc) is 2.86. The van der Waals surface area contributed by atoms with Crippen LogP contribution < -0.4 is 9.47 Å². The maximum atomic E-state index is 12.4. The molecule has 0 aliphatic carbocycles. The molecule has 182 valence electrons. The number of ether oxygens (including phenoxy) is 5. The molecule has 0 amide bonds. The van der Waals surface area contributed by atoms with Crippen LogP contribution in [0.4, 0.5) is 0 Å². The zero-order valence-corrected chi connectivity index (χ0v) is 19.3. The number of esters is 3. The Morgan fingerprint density at radius 2 is 1.35 bits per heavy atom. The molecule has 2 aromatic rings. The van der Waals surface area contributed by atoms with Crippen LogP contribution in [0, 0.1) is 0 Å². The van der Waals surface area contributed by atoms with Crippen molar-refractivity contribution in [3.05, 3.63) is 72.3 Å². The van der Waals surface area contributed by atoms with E-state index in [9.17, 15) is 14.4 Å². The van der Waals surface area contributed by atoms with Crippen LogP contribution in [0.3, 0.4) is 0 Å². The van der Waals surface area contributed by atoms with Crippen molar-refractivity contribution in [3.63, 3.8) is 0 Å². The Labute approximate surface area is 199 Å². The fourth-order valence-corrected chi connectivity index (χ4v) is 2.75. The Morgan fingerprint density at radius 1 is 0.765 bits per heavy atom. The van der Waals surface area contributed by atoms with Crippen LogP contribution in [0.15, 0.2) is 61.2 Å². The van der Waals surface area contributed by atoms with Crippen molar-refractivity contribution in [2.24, 2.45) is 0 Å². The summed E-state index contributed by atoms with van der Waals surface area (Å²) in [5, 5.41) is 0. The fourth-order valence-electron chi connectivity index (χ4n) is 2.75. The first-order valence-corrected chi connectivity index (χ1v) is 11.1. The van der Waals surface area contributed by atoms with E-state index in [2.05, 4.69) is 6.58 Å². The van der Waals surface area contributed by atoms with Gasteiger partial charge < -0.3 is 23.7 Å². The Kier molecular flexibility index (Phi) is 11.9. The molecule has 0 spiro atoms.